The first kappa shape index (κ1) is 35.7. The van der Waals surface area contributed by atoms with Crippen molar-refractivity contribution < 1.29 is 37.0 Å². The Morgan fingerprint density at radius 2 is 1.78 bits per heavy atom. The van der Waals surface area contributed by atoms with E-state index < -0.39 is 15.6 Å². The summed E-state index contributed by atoms with van der Waals surface area (Å²) in [5.41, 5.74) is 1.19. The van der Waals surface area contributed by atoms with E-state index in [9.17, 15) is 18.0 Å². The predicted molar refractivity (Wildman–Crippen MR) is 176 cm³/mol. The van der Waals surface area contributed by atoms with Crippen molar-refractivity contribution in [3.63, 3.8) is 0 Å². The Morgan fingerprint density at radius 3 is 2.46 bits per heavy atom. The Labute approximate surface area is 273 Å². The van der Waals surface area contributed by atoms with Crippen LogP contribution in [0, 0.1) is 0 Å². The number of piperidine rings is 1. The van der Waals surface area contributed by atoms with Crippen LogP contribution in [0.2, 0.25) is 0 Å². The highest BCUT2D eigenvalue weighted by molar-refractivity contribution is 7.89. The first-order valence-corrected chi connectivity index (χ1v) is 17.5. The molecule has 0 spiro atoms. The monoisotopic (exact) mass is 659 g/mol. The number of sulfonamides is 1. The number of amides is 2. The van der Waals surface area contributed by atoms with Gasteiger partial charge >= 0.3 is 6.09 Å². The lowest BCUT2D eigenvalue weighted by Crippen LogP contribution is -2.54. The Bertz CT molecular complexity index is 1450. The van der Waals surface area contributed by atoms with E-state index in [-0.39, 0.29) is 29.0 Å². The predicted octanol–water partition coefficient (Wildman–Crippen LogP) is 5.04. The molecule has 11 nitrogen and oxygen atoms in total. The van der Waals surface area contributed by atoms with Gasteiger partial charge in [0.25, 0.3) is 5.91 Å². The zero-order valence-corrected chi connectivity index (χ0v) is 28.8. The minimum Gasteiger partial charge on any atom is -0.493 e. The van der Waals surface area contributed by atoms with Crippen LogP contribution >= 0.6 is 0 Å². The highest BCUT2D eigenvalue weighted by Gasteiger charge is 2.34. The number of benzene rings is 2. The molecule has 0 radical (unpaired) electrons. The number of hydrogen-bond acceptors (Lipinski definition) is 8. The first-order valence-electron chi connectivity index (χ1n) is 16.1. The SMILES string of the molecule is COCCCOc1cc(C(=O)N(C(C)C)[C@@H]2CCCN(C(=O)OC(C)(C)C)C2)ccc1-c1cccc(S(=O)(=O)N2CCOCC2)c1. The molecule has 2 aromatic rings. The summed E-state index contributed by atoms with van der Waals surface area (Å²) in [5, 5.41) is 0. The van der Waals surface area contributed by atoms with Gasteiger partial charge in [0.05, 0.1) is 30.8 Å². The van der Waals surface area contributed by atoms with Crippen molar-refractivity contribution in [3.8, 4) is 16.9 Å². The Morgan fingerprint density at radius 1 is 1.04 bits per heavy atom. The molecule has 0 unspecified atom stereocenters. The number of likely N-dealkylation sites (tertiary alicyclic amines) is 1. The highest BCUT2D eigenvalue weighted by atomic mass is 32.2. The third kappa shape index (κ3) is 8.99. The van der Waals surface area contributed by atoms with Crippen molar-refractivity contribution in [2.24, 2.45) is 0 Å². The van der Waals surface area contributed by atoms with Crippen LogP contribution in [0.3, 0.4) is 0 Å². The molecule has 2 amide bonds. The van der Waals surface area contributed by atoms with Crippen molar-refractivity contribution in [1.29, 1.82) is 0 Å². The van der Waals surface area contributed by atoms with E-state index in [4.69, 9.17) is 18.9 Å². The van der Waals surface area contributed by atoms with Gasteiger partial charge in [0, 0.05) is 63.5 Å². The summed E-state index contributed by atoms with van der Waals surface area (Å²) in [4.78, 5) is 30.7. The molecular formula is C34H49N3O8S. The molecule has 2 saturated heterocycles. The summed E-state index contributed by atoms with van der Waals surface area (Å²) in [5.74, 6) is 0.314. The first-order chi connectivity index (χ1) is 21.8. The van der Waals surface area contributed by atoms with E-state index in [2.05, 4.69) is 0 Å². The van der Waals surface area contributed by atoms with Crippen LogP contribution in [0.5, 0.6) is 5.75 Å². The molecular weight excluding hydrogens is 610 g/mol. The molecule has 4 rings (SSSR count). The Kier molecular flexibility index (Phi) is 12.1. The number of ether oxygens (including phenoxy) is 4. The topological polar surface area (TPSA) is 115 Å². The lowest BCUT2D eigenvalue weighted by molar-refractivity contribution is 0.00752. The minimum absolute atomic E-state index is 0.121. The lowest BCUT2D eigenvalue weighted by Gasteiger charge is -2.41. The van der Waals surface area contributed by atoms with Crippen molar-refractivity contribution in [1.82, 2.24) is 14.1 Å². The maximum absolute atomic E-state index is 14.1. The van der Waals surface area contributed by atoms with Gasteiger partial charge in [-0.2, -0.15) is 4.31 Å². The zero-order chi connectivity index (χ0) is 33.5. The summed E-state index contributed by atoms with van der Waals surface area (Å²) in [6.45, 7) is 12.6. The number of rotatable bonds is 11. The maximum Gasteiger partial charge on any atom is 0.410 e. The van der Waals surface area contributed by atoms with E-state index in [1.165, 1.54) is 4.31 Å². The van der Waals surface area contributed by atoms with Gasteiger partial charge in [-0.05, 0) is 83.4 Å². The van der Waals surface area contributed by atoms with Gasteiger partial charge in [0.2, 0.25) is 10.0 Å². The van der Waals surface area contributed by atoms with Crippen molar-refractivity contribution in [2.75, 3.05) is 59.7 Å². The summed E-state index contributed by atoms with van der Waals surface area (Å²) in [7, 11) is -2.08. The normalized spacial score (nSPS) is 18.0. The second-order valence-corrected chi connectivity index (χ2v) is 14.9. The Balaban J connectivity index is 1.63. The van der Waals surface area contributed by atoms with Gasteiger partial charge < -0.3 is 28.7 Å². The second kappa shape index (κ2) is 15.6. The van der Waals surface area contributed by atoms with Crippen molar-refractivity contribution in [3.05, 3.63) is 48.0 Å². The molecule has 2 aliphatic heterocycles. The molecule has 1 atom stereocenters. The zero-order valence-electron chi connectivity index (χ0n) is 28.0. The molecule has 2 aliphatic rings. The number of methoxy groups -OCH3 is 1. The van der Waals surface area contributed by atoms with Crippen LogP contribution in [0.15, 0.2) is 47.4 Å². The van der Waals surface area contributed by atoms with Crippen LogP contribution in [-0.4, -0.2) is 112 Å². The molecule has 0 saturated carbocycles. The van der Waals surface area contributed by atoms with Crippen LogP contribution in [0.4, 0.5) is 4.79 Å². The molecule has 0 N–H and O–H groups in total. The van der Waals surface area contributed by atoms with Crippen LogP contribution in [0.1, 0.15) is 64.2 Å². The standard InChI is InChI=1S/C34H49N3O8S/c1-25(2)37(28-11-8-15-35(24-28)33(39)45-34(3,4)5)32(38)27-13-14-30(31(23-27)44-19-9-18-42-6)26-10-7-12-29(22-26)46(40,41)36-16-20-43-21-17-36/h7,10,12-14,22-23,25,28H,8-9,11,15-21,24H2,1-6H3/t28-/m1/s1. The third-order valence-electron chi connectivity index (χ3n) is 7.96. The van der Waals surface area contributed by atoms with E-state index in [0.29, 0.717) is 81.5 Å². The second-order valence-electron chi connectivity index (χ2n) is 13.0. The van der Waals surface area contributed by atoms with Gasteiger partial charge in [-0.1, -0.05) is 12.1 Å². The molecule has 2 heterocycles. The fraction of sp³-hybridized carbons (Fsp3) is 0.588. The van der Waals surface area contributed by atoms with E-state index in [1.54, 1.807) is 42.3 Å². The highest BCUT2D eigenvalue weighted by Crippen LogP contribution is 2.34. The summed E-state index contributed by atoms with van der Waals surface area (Å²) < 4.78 is 50.6. The van der Waals surface area contributed by atoms with Gasteiger partial charge in [-0.3, -0.25) is 4.79 Å². The quantitative estimate of drug-likeness (QED) is 0.309. The molecule has 254 valence electrons. The number of morpholine rings is 1. The van der Waals surface area contributed by atoms with E-state index in [0.717, 1.165) is 12.8 Å². The lowest BCUT2D eigenvalue weighted by atomic mass is 9.99. The summed E-state index contributed by atoms with van der Waals surface area (Å²) in [6, 6.07) is 11.8. The summed E-state index contributed by atoms with van der Waals surface area (Å²) >= 11 is 0. The molecule has 46 heavy (non-hydrogen) atoms. The maximum atomic E-state index is 14.1. The molecule has 12 heteroatoms. The minimum atomic E-state index is -3.71. The number of hydrogen-bond donors (Lipinski definition) is 0. The van der Waals surface area contributed by atoms with Crippen molar-refractivity contribution in [2.45, 2.75) is 76.5 Å². The van der Waals surface area contributed by atoms with Gasteiger partial charge in [0.15, 0.2) is 0 Å². The number of carbonyl (C=O) groups is 2. The molecule has 0 bridgehead atoms. The van der Waals surface area contributed by atoms with E-state index >= 15 is 0 Å². The van der Waals surface area contributed by atoms with Crippen molar-refractivity contribution >= 4 is 22.0 Å². The third-order valence-corrected chi connectivity index (χ3v) is 9.86. The van der Waals surface area contributed by atoms with Crippen LogP contribution in [-0.2, 0) is 24.2 Å². The van der Waals surface area contributed by atoms with Gasteiger partial charge in [-0.25, -0.2) is 13.2 Å². The molecule has 2 fully saturated rings. The average molecular weight is 660 g/mol. The fourth-order valence-corrected chi connectivity index (χ4v) is 7.26. The van der Waals surface area contributed by atoms with Gasteiger partial charge in [0.1, 0.15) is 11.4 Å². The fourth-order valence-electron chi connectivity index (χ4n) is 5.80. The number of carbonyl (C=O) groups excluding carboxylic acids is 2. The smallest absolute Gasteiger partial charge is 0.410 e. The molecule has 2 aromatic carbocycles. The molecule has 0 aromatic heterocycles. The summed E-state index contributed by atoms with van der Waals surface area (Å²) in [6.07, 6.45) is 1.80. The molecule has 0 aliphatic carbocycles. The van der Waals surface area contributed by atoms with Gasteiger partial charge in [-0.15, -0.1) is 0 Å². The van der Waals surface area contributed by atoms with E-state index in [1.807, 2.05) is 51.7 Å². The average Bonchev–Trinajstić information content (AvgIpc) is 3.03. The van der Waals surface area contributed by atoms with Crippen LogP contribution < -0.4 is 4.74 Å². The largest absolute Gasteiger partial charge is 0.493 e. The van der Waals surface area contributed by atoms with Crippen LogP contribution in [0.25, 0.3) is 11.1 Å². The number of nitrogens with zero attached hydrogens (tertiary/aromatic N) is 3. The Hall–Kier alpha value is -3.19.